The molecule has 0 fully saturated rings. The summed E-state index contributed by atoms with van der Waals surface area (Å²) in [6.45, 7) is 0.611. The van der Waals surface area contributed by atoms with E-state index in [9.17, 15) is 10.1 Å². The van der Waals surface area contributed by atoms with Gasteiger partial charge in [-0.15, -0.1) is 24.0 Å². The molecule has 0 saturated carbocycles. The number of nitrogens with zero attached hydrogens (tertiary/aromatic N) is 3. The molecule has 2 rings (SSSR count). The van der Waals surface area contributed by atoms with Crippen LogP contribution in [0.1, 0.15) is 11.3 Å². The van der Waals surface area contributed by atoms with Gasteiger partial charge in [-0.25, -0.2) is 4.98 Å². The minimum atomic E-state index is -0.412. The van der Waals surface area contributed by atoms with E-state index in [2.05, 4.69) is 4.98 Å². The van der Waals surface area contributed by atoms with Crippen LogP contribution in [0.5, 0.6) is 0 Å². The number of benzene rings is 1. The van der Waals surface area contributed by atoms with Crippen LogP contribution in [0.2, 0.25) is 0 Å². The van der Waals surface area contributed by atoms with Gasteiger partial charge >= 0.3 is 0 Å². The first-order valence-electron chi connectivity index (χ1n) is 4.99. The third-order valence-corrected chi connectivity index (χ3v) is 2.71. The number of non-ortho nitro benzene ring substituents is 1. The molecule has 0 amide bonds. The van der Waals surface area contributed by atoms with Crippen LogP contribution in [0.3, 0.4) is 0 Å². The fourth-order valence-electron chi connectivity index (χ4n) is 1.52. The van der Waals surface area contributed by atoms with Gasteiger partial charge in [0.05, 0.1) is 22.8 Å². The van der Waals surface area contributed by atoms with E-state index in [0.29, 0.717) is 12.4 Å². The Morgan fingerprint density at radius 3 is 2.56 bits per heavy atom. The molecule has 0 bridgehead atoms. The zero-order chi connectivity index (χ0) is 12.3. The van der Waals surface area contributed by atoms with Gasteiger partial charge in [-0.05, 0) is 5.56 Å². The number of nitro benzene ring substituents is 1. The Labute approximate surface area is 115 Å². The van der Waals surface area contributed by atoms with Gasteiger partial charge in [0, 0.05) is 24.9 Å². The highest BCUT2D eigenvalue weighted by Crippen LogP contribution is 2.14. The van der Waals surface area contributed by atoms with Gasteiger partial charge in [0.1, 0.15) is 0 Å². The molecule has 0 spiro atoms. The SMILES string of the molecule is Cl.O=[N+]([O-])c1ccc(Cn2cncc2CCl)cc1. The Hall–Kier alpha value is -1.59. The van der Waals surface area contributed by atoms with E-state index in [1.807, 2.05) is 4.57 Å². The molecule has 0 aliphatic heterocycles. The van der Waals surface area contributed by atoms with Crippen molar-refractivity contribution in [2.75, 3.05) is 0 Å². The summed E-state index contributed by atoms with van der Waals surface area (Å²) < 4.78 is 1.91. The summed E-state index contributed by atoms with van der Waals surface area (Å²) in [5.41, 5.74) is 1.99. The van der Waals surface area contributed by atoms with Gasteiger partial charge in [0.2, 0.25) is 0 Å². The highest BCUT2D eigenvalue weighted by molar-refractivity contribution is 6.16. The van der Waals surface area contributed by atoms with E-state index >= 15 is 0 Å². The number of alkyl halides is 1. The Kier molecular flexibility index (Phi) is 5.12. The molecule has 0 unspecified atom stereocenters. The number of hydrogen-bond donors (Lipinski definition) is 0. The van der Waals surface area contributed by atoms with Crippen LogP contribution in [0, 0.1) is 10.1 Å². The third-order valence-electron chi connectivity index (χ3n) is 2.44. The van der Waals surface area contributed by atoms with Crippen molar-refractivity contribution in [3.8, 4) is 0 Å². The number of rotatable bonds is 4. The molecule has 0 radical (unpaired) electrons. The fourth-order valence-corrected chi connectivity index (χ4v) is 1.74. The Morgan fingerprint density at radius 1 is 1.33 bits per heavy atom. The number of hydrogen-bond acceptors (Lipinski definition) is 3. The van der Waals surface area contributed by atoms with E-state index in [-0.39, 0.29) is 18.1 Å². The molecule has 1 aromatic heterocycles. The molecule has 96 valence electrons. The number of nitro groups is 1. The Bertz CT molecular complexity index is 525. The van der Waals surface area contributed by atoms with Crippen LogP contribution in [0.25, 0.3) is 0 Å². The summed E-state index contributed by atoms with van der Waals surface area (Å²) in [6.07, 6.45) is 3.40. The number of aromatic nitrogens is 2. The Morgan fingerprint density at radius 2 is 2.00 bits per heavy atom. The van der Waals surface area contributed by atoms with E-state index in [1.165, 1.54) is 12.1 Å². The van der Waals surface area contributed by atoms with E-state index < -0.39 is 4.92 Å². The van der Waals surface area contributed by atoms with E-state index in [0.717, 1.165) is 11.3 Å². The second-order valence-electron chi connectivity index (χ2n) is 3.57. The van der Waals surface area contributed by atoms with Crippen LogP contribution in [0.15, 0.2) is 36.8 Å². The minimum absolute atomic E-state index is 0. The fraction of sp³-hybridized carbons (Fsp3) is 0.182. The van der Waals surface area contributed by atoms with Crippen LogP contribution < -0.4 is 0 Å². The zero-order valence-electron chi connectivity index (χ0n) is 9.32. The molecule has 1 aromatic carbocycles. The maximum Gasteiger partial charge on any atom is 0.269 e. The molecule has 0 atom stereocenters. The van der Waals surface area contributed by atoms with Crippen LogP contribution in [-0.4, -0.2) is 14.5 Å². The normalized spacial score (nSPS) is 9.83. The summed E-state index contributed by atoms with van der Waals surface area (Å²) in [5.74, 6) is 0.396. The quantitative estimate of drug-likeness (QED) is 0.493. The van der Waals surface area contributed by atoms with Crippen molar-refractivity contribution in [2.24, 2.45) is 0 Å². The molecular formula is C11H11Cl2N3O2. The molecule has 1 heterocycles. The second kappa shape index (κ2) is 6.37. The average Bonchev–Trinajstić information content (AvgIpc) is 2.77. The zero-order valence-corrected chi connectivity index (χ0v) is 10.9. The summed E-state index contributed by atoms with van der Waals surface area (Å²) in [4.78, 5) is 14.1. The predicted octanol–water partition coefficient (Wildman–Crippen LogP) is 3.00. The largest absolute Gasteiger partial charge is 0.329 e. The summed E-state index contributed by atoms with van der Waals surface area (Å²) in [6, 6.07) is 6.45. The van der Waals surface area contributed by atoms with Crippen molar-refractivity contribution >= 4 is 29.7 Å². The highest BCUT2D eigenvalue weighted by atomic mass is 35.5. The van der Waals surface area contributed by atoms with Crippen molar-refractivity contribution in [1.29, 1.82) is 0 Å². The highest BCUT2D eigenvalue weighted by Gasteiger charge is 2.05. The van der Waals surface area contributed by atoms with Crippen molar-refractivity contribution in [3.63, 3.8) is 0 Å². The smallest absolute Gasteiger partial charge is 0.269 e. The van der Waals surface area contributed by atoms with Gasteiger partial charge in [-0.3, -0.25) is 10.1 Å². The molecular weight excluding hydrogens is 277 g/mol. The monoisotopic (exact) mass is 287 g/mol. The summed E-state index contributed by atoms with van der Waals surface area (Å²) >= 11 is 5.76. The van der Waals surface area contributed by atoms with Crippen LogP contribution in [-0.2, 0) is 12.4 Å². The molecule has 0 N–H and O–H groups in total. The van der Waals surface area contributed by atoms with Gasteiger partial charge < -0.3 is 4.57 Å². The lowest BCUT2D eigenvalue weighted by molar-refractivity contribution is -0.384. The minimum Gasteiger partial charge on any atom is -0.329 e. The second-order valence-corrected chi connectivity index (χ2v) is 3.84. The summed E-state index contributed by atoms with van der Waals surface area (Å²) in [5, 5.41) is 10.5. The standard InChI is InChI=1S/C11H10ClN3O2.ClH/c12-5-11-6-13-8-14(11)7-9-1-3-10(4-2-9)15(16)17;/h1-4,6,8H,5,7H2;1H. The molecule has 7 heteroatoms. The number of imidazole rings is 1. The molecule has 2 aromatic rings. The molecule has 18 heavy (non-hydrogen) atoms. The van der Waals surface area contributed by atoms with Crippen LogP contribution in [0.4, 0.5) is 5.69 Å². The van der Waals surface area contributed by atoms with Crippen LogP contribution >= 0.6 is 24.0 Å². The summed E-state index contributed by atoms with van der Waals surface area (Å²) in [7, 11) is 0. The first-order valence-corrected chi connectivity index (χ1v) is 5.52. The van der Waals surface area contributed by atoms with Crippen molar-refractivity contribution in [1.82, 2.24) is 9.55 Å². The maximum absolute atomic E-state index is 10.5. The van der Waals surface area contributed by atoms with E-state index in [1.54, 1.807) is 24.7 Å². The number of halogens is 2. The first-order chi connectivity index (χ1) is 8.20. The average molecular weight is 288 g/mol. The lowest BCUT2D eigenvalue weighted by atomic mass is 10.2. The molecule has 5 nitrogen and oxygen atoms in total. The van der Waals surface area contributed by atoms with Crippen molar-refractivity contribution < 1.29 is 4.92 Å². The predicted molar refractivity (Wildman–Crippen MR) is 71.2 cm³/mol. The van der Waals surface area contributed by atoms with Gasteiger partial charge in [-0.1, -0.05) is 12.1 Å². The third kappa shape index (κ3) is 3.21. The van der Waals surface area contributed by atoms with Gasteiger partial charge in [0.25, 0.3) is 5.69 Å². The molecule has 0 saturated heterocycles. The van der Waals surface area contributed by atoms with Crippen molar-refractivity contribution in [3.05, 3.63) is 58.2 Å². The lowest BCUT2D eigenvalue weighted by Gasteiger charge is -2.05. The van der Waals surface area contributed by atoms with Gasteiger partial charge in [0.15, 0.2) is 0 Å². The topological polar surface area (TPSA) is 61.0 Å². The van der Waals surface area contributed by atoms with E-state index in [4.69, 9.17) is 11.6 Å². The van der Waals surface area contributed by atoms with Crippen molar-refractivity contribution in [2.45, 2.75) is 12.4 Å². The molecule has 0 aliphatic carbocycles. The molecule has 0 aliphatic rings. The maximum atomic E-state index is 10.5. The Balaban J connectivity index is 0.00000162. The first kappa shape index (κ1) is 14.5. The lowest BCUT2D eigenvalue weighted by Crippen LogP contribution is -2.01. The van der Waals surface area contributed by atoms with Gasteiger partial charge in [-0.2, -0.15) is 0 Å².